The average Bonchev–Trinajstić information content (AvgIpc) is 0.810. The van der Waals surface area contributed by atoms with Gasteiger partial charge >= 0.3 is 0 Å². The lowest BCUT2D eigenvalue weighted by Crippen LogP contribution is -2.12. The van der Waals surface area contributed by atoms with Gasteiger partial charge in [-0.15, -0.1) is 0 Å². The van der Waals surface area contributed by atoms with Gasteiger partial charge in [0.2, 0.25) is 0 Å². The van der Waals surface area contributed by atoms with E-state index in [4.69, 9.17) is 28.4 Å². The van der Waals surface area contributed by atoms with E-state index in [1.807, 2.05) is 48.5 Å². The molecule has 0 aliphatic heterocycles. The first-order valence-electron chi connectivity index (χ1n) is 36.0. The van der Waals surface area contributed by atoms with Crippen LogP contribution in [0.2, 0.25) is 0 Å². The number of benzene rings is 12. The summed E-state index contributed by atoms with van der Waals surface area (Å²) in [5.74, 6) is 6.06. The molecule has 0 saturated carbocycles. The van der Waals surface area contributed by atoms with Gasteiger partial charge in [0, 0.05) is 68.2 Å². The predicted octanol–water partition coefficient (Wildman–Crippen LogP) is 25.8. The minimum Gasteiger partial charge on any atom is -0.497 e. The van der Waals surface area contributed by atoms with Crippen molar-refractivity contribution in [3.05, 3.63) is 291 Å². The zero-order valence-electron chi connectivity index (χ0n) is 60.2. The van der Waals surface area contributed by atoms with Crippen LogP contribution in [0.1, 0.15) is 79.1 Å². The second-order valence-electron chi connectivity index (χ2n) is 25.9. The molecule has 0 bridgehead atoms. The van der Waals surface area contributed by atoms with Crippen molar-refractivity contribution in [2.24, 2.45) is 11.8 Å². The molecule has 0 heterocycles. The molecule has 0 aliphatic carbocycles. The van der Waals surface area contributed by atoms with Gasteiger partial charge in [-0.2, -0.15) is 0 Å². The fourth-order valence-corrected chi connectivity index (χ4v) is 13.1. The Morgan fingerprint density at radius 2 is 0.373 bits per heavy atom. The molecular weight excluding hydrogens is 1260 g/mol. The molecule has 0 radical (unpaired) electrons. The van der Waals surface area contributed by atoms with Crippen molar-refractivity contribution in [2.75, 3.05) is 61.3 Å². The van der Waals surface area contributed by atoms with E-state index in [0.29, 0.717) is 25.0 Å². The topological polar surface area (TPSA) is 68.3 Å². The molecule has 0 N–H and O–H groups in total. The van der Waals surface area contributed by atoms with E-state index in [2.05, 4.69) is 290 Å². The van der Waals surface area contributed by atoms with Crippen LogP contribution in [0.25, 0.3) is 33.4 Å². The number of ether oxygens (including phenoxy) is 6. The number of methoxy groups -OCH3 is 4. The first-order valence-corrected chi connectivity index (χ1v) is 36.0. The van der Waals surface area contributed by atoms with E-state index < -0.39 is 0 Å². The summed E-state index contributed by atoms with van der Waals surface area (Å²) in [4.78, 5) is 9.13. The van der Waals surface area contributed by atoms with Crippen molar-refractivity contribution in [3.63, 3.8) is 0 Å². The summed E-state index contributed by atoms with van der Waals surface area (Å²) < 4.78 is 35.0. The maximum absolute atomic E-state index is 6.45. The van der Waals surface area contributed by atoms with Gasteiger partial charge < -0.3 is 48.0 Å². The highest BCUT2D eigenvalue weighted by Gasteiger charge is 2.20. The minimum absolute atomic E-state index is 0.536. The molecule has 102 heavy (non-hydrogen) atoms. The Labute approximate surface area is 604 Å². The van der Waals surface area contributed by atoms with Gasteiger partial charge in [0.15, 0.2) is 0 Å². The van der Waals surface area contributed by atoms with E-state index in [1.165, 1.54) is 38.5 Å². The monoisotopic (exact) mass is 1350 g/mol. The fraction of sp³-hybridized carbons (Fsp3) is 0.217. The second-order valence-corrected chi connectivity index (χ2v) is 25.9. The Morgan fingerprint density at radius 1 is 0.216 bits per heavy atom. The van der Waals surface area contributed by atoms with Crippen molar-refractivity contribution < 1.29 is 28.4 Å². The Hall–Kier alpha value is -11.4. The molecule has 10 heteroatoms. The molecule has 12 aromatic carbocycles. The number of rotatable bonds is 33. The lowest BCUT2D eigenvalue weighted by molar-refractivity contribution is 0.233. The van der Waals surface area contributed by atoms with Gasteiger partial charge in [-0.25, -0.2) is 0 Å². The molecule has 518 valence electrons. The SMILES string of the molecule is CCCCC(CC)COc1ccc(N(c2ccc(-c3ccc(N(c4ccc(OC)cc4)c4ccc(OC)cc4)cc3)cc2)c2ccc(-c3ccc(N(c4ccc(OCC(CC)CCCC)cc4)c4ccc(-c5ccc(N(c6ccc(OC)cc6)c6ccc(OC)cc6)cc5)cc4)cc3)cc2)cc1. The van der Waals surface area contributed by atoms with Crippen molar-refractivity contribution in [1.29, 1.82) is 0 Å². The van der Waals surface area contributed by atoms with Crippen LogP contribution < -0.4 is 48.0 Å². The zero-order chi connectivity index (χ0) is 70.6. The number of unbranched alkanes of at least 4 members (excludes halogenated alkanes) is 2. The normalized spacial score (nSPS) is 11.6. The Kier molecular flexibility index (Phi) is 23.9. The number of hydrogen-bond donors (Lipinski definition) is 0. The quantitative estimate of drug-likeness (QED) is 0.0397. The number of hydrogen-bond acceptors (Lipinski definition) is 10. The molecule has 2 atom stereocenters. The highest BCUT2D eigenvalue weighted by atomic mass is 16.5. The number of anilines is 12. The predicted molar refractivity (Wildman–Crippen MR) is 425 cm³/mol. The molecule has 0 aromatic heterocycles. The largest absolute Gasteiger partial charge is 0.497 e. The summed E-state index contributed by atoms with van der Waals surface area (Å²) in [6, 6.07) is 103. The van der Waals surface area contributed by atoms with Crippen LogP contribution in [0.3, 0.4) is 0 Å². The molecule has 0 aliphatic rings. The van der Waals surface area contributed by atoms with E-state index >= 15 is 0 Å². The van der Waals surface area contributed by atoms with Crippen LogP contribution in [0.5, 0.6) is 34.5 Å². The van der Waals surface area contributed by atoms with Crippen molar-refractivity contribution in [1.82, 2.24) is 0 Å². The molecule has 0 amide bonds. The summed E-state index contributed by atoms with van der Waals surface area (Å²) >= 11 is 0. The molecule has 12 aromatic rings. The summed E-state index contributed by atoms with van der Waals surface area (Å²) in [7, 11) is 6.76. The van der Waals surface area contributed by atoms with E-state index in [9.17, 15) is 0 Å². The van der Waals surface area contributed by atoms with Crippen molar-refractivity contribution in [3.8, 4) is 67.9 Å². The fourth-order valence-electron chi connectivity index (χ4n) is 13.1. The standard InChI is InChI=1S/C92H94N4O6/c1-9-13-15-67(11-3)65-101-91-61-49-85(50-62-91)93(77-33-21-71(22-34-77)73-25-37-79(38-26-73)95(81-41-53-87(97-5)54-42-81)82-43-55-88(98-6)56-44-82)75-29-17-69(18-30-75)70-19-31-76(32-20-70)94(86-51-63-92(64-52-86)102-66-68(12-4)16-14-10-2)78-35-23-72(24-36-78)74-27-39-80(40-28-74)96(83-45-57-89(99-7)58-46-83)84-47-59-90(100-8)60-48-84/h17-64,67-68H,9-16,65-66H2,1-8H3. The lowest BCUT2D eigenvalue weighted by Gasteiger charge is -2.27. The van der Waals surface area contributed by atoms with Gasteiger partial charge in [0.05, 0.1) is 41.7 Å². The average molecular weight is 1350 g/mol. The van der Waals surface area contributed by atoms with Gasteiger partial charge in [0.25, 0.3) is 0 Å². The smallest absolute Gasteiger partial charge is 0.119 e. The molecule has 10 nitrogen and oxygen atoms in total. The third-order valence-electron chi connectivity index (χ3n) is 19.3. The van der Waals surface area contributed by atoms with Crippen LogP contribution in [-0.4, -0.2) is 41.7 Å². The van der Waals surface area contributed by atoms with Crippen LogP contribution >= 0.6 is 0 Å². The third kappa shape index (κ3) is 17.3. The Bertz CT molecular complexity index is 4110. The van der Waals surface area contributed by atoms with Crippen LogP contribution in [0, 0.1) is 11.8 Å². The molecular formula is C92H94N4O6. The van der Waals surface area contributed by atoms with Gasteiger partial charge in [-0.1, -0.05) is 139 Å². The van der Waals surface area contributed by atoms with E-state index in [0.717, 1.165) is 149 Å². The molecule has 0 spiro atoms. The molecule has 0 saturated heterocycles. The van der Waals surface area contributed by atoms with Gasteiger partial charge in [-0.05, 0) is 276 Å². The highest BCUT2D eigenvalue weighted by molar-refractivity contribution is 5.85. The van der Waals surface area contributed by atoms with E-state index in [-0.39, 0.29) is 0 Å². The zero-order valence-corrected chi connectivity index (χ0v) is 60.2. The lowest BCUT2D eigenvalue weighted by atomic mass is 10.0. The first kappa shape index (κ1) is 70.5. The maximum Gasteiger partial charge on any atom is 0.119 e. The highest BCUT2D eigenvalue weighted by Crippen LogP contribution is 2.44. The summed E-state index contributed by atoms with van der Waals surface area (Å²) in [6.07, 6.45) is 9.39. The van der Waals surface area contributed by atoms with Crippen LogP contribution in [0.4, 0.5) is 68.2 Å². The van der Waals surface area contributed by atoms with Crippen LogP contribution in [-0.2, 0) is 0 Å². The first-order chi connectivity index (χ1) is 50.2. The minimum atomic E-state index is 0.536. The van der Waals surface area contributed by atoms with Gasteiger partial charge in [-0.3, -0.25) is 0 Å². The summed E-state index contributed by atoms with van der Waals surface area (Å²) in [6.45, 7) is 10.5. The van der Waals surface area contributed by atoms with Crippen molar-refractivity contribution in [2.45, 2.75) is 79.1 Å². The maximum atomic E-state index is 6.45. The Balaban J connectivity index is 0.818. The third-order valence-corrected chi connectivity index (χ3v) is 19.3. The molecule has 0 fully saturated rings. The summed E-state index contributed by atoms with van der Waals surface area (Å²) in [5, 5.41) is 0. The Morgan fingerprint density at radius 3 is 0.520 bits per heavy atom. The second kappa shape index (κ2) is 34.6. The molecule has 12 rings (SSSR count). The summed E-state index contributed by atoms with van der Waals surface area (Å²) in [5.41, 5.74) is 19.0. The van der Waals surface area contributed by atoms with E-state index in [1.54, 1.807) is 28.4 Å². The van der Waals surface area contributed by atoms with Crippen molar-refractivity contribution >= 4 is 68.2 Å². The van der Waals surface area contributed by atoms with Gasteiger partial charge in [0.1, 0.15) is 34.5 Å². The molecule has 2 unspecified atom stereocenters. The van der Waals surface area contributed by atoms with Crippen LogP contribution in [0.15, 0.2) is 291 Å². The number of nitrogens with zero attached hydrogens (tertiary/aromatic N) is 4.